The number of carbonyl (C=O) groups is 1. The number of fused-ring (bicyclic) bond motifs is 1. The smallest absolute Gasteiger partial charge is 0.294 e. The van der Waals surface area contributed by atoms with Crippen LogP contribution in [0, 0.1) is 17.0 Å². The minimum absolute atomic E-state index is 0.163. The van der Waals surface area contributed by atoms with Crippen LogP contribution in [0.25, 0.3) is 5.69 Å². The van der Waals surface area contributed by atoms with E-state index in [4.69, 9.17) is 0 Å². The number of hydrogen-bond donors (Lipinski definition) is 1. The lowest BCUT2D eigenvalue weighted by Crippen LogP contribution is -2.35. The summed E-state index contributed by atoms with van der Waals surface area (Å²) in [6, 6.07) is 15.1. The molecule has 0 bridgehead atoms. The monoisotopic (exact) mass is 404 g/mol. The molecule has 152 valence electrons. The van der Waals surface area contributed by atoms with Gasteiger partial charge in [0.2, 0.25) is 5.43 Å². The number of nitro benzene ring substituents is 1. The van der Waals surface area contributed by atoms with E-state index >= 15 is 0 Å². The van der Waals surface area contributed by atoms with Crippen LogP contribution in [0.1, 0.15) is 46.2 Å². The predicted octanol–water partition coefficient (Wildman–Crippen LogP) is 3.26. The first kappa shape index (κ1) is 19.5. The number of hydrogen-bond acceptors (Lipinski definition) is 5. The number of rotatable bonds is 4. The van der Waals surface area contributed by atoms with E-state index in [1.807, 2.05) is 24.3 Å². The number of benzene rings is 2. The van der Waals surface area contributed by atoms with Gasteiger partial charge in [-0.15, -0.1) is 0 Å². The molecule has 1 aliphatic carbocycles. The molecule has 0 saturated heterocycles. The molecule has 8 heteroatoms. The summed E-state index contributed by atoms with van der Waals surface area (Å²) in [6.45, 7) is 1.62. The van der Waals surface area contributed by atoms with Gasteiger partial charge in [-0.25, -0.2) is 4.68 Å². The van der Waals surface area contributed by atoms with Gasteiger partial charge in [0.1, 0.15) is 5.69 Å². The Labute approximate surface area is 172 Å². The van der Waals surface area contributed by atoms with Crippen molar-refractivity contribution >= 4 is 11.6 Å². The van der Waals surface area contributed by atoms with Gasteiger partial charge >= 0.3 is 0 Å². The molecule has 2 aromatic carbocycles. The SMILES string of the molecule is Cc1cc(=O)c(C(=O)N[C@@H]2CCCc3ccccc32)nn1-c1ccccc1[N+](=O)[O-]. The van der Waals surface area contributed by atoms with Crippen LogP contribution < -0.4 is 10.7 Å². The minimum Gasteiger partial charge on any atom is -0.344 e. The number of carbonyl (C=O) groups excluding carboxylic acids is 1. The third-order valence-electron chi connectivity index (χ3n) is 5.30. The number of nitro groups is 1. The van der Waals surface area contributed by atoms with E-state index in [1.54, 1.807) is 19.1 Å². The van der Waals surface area contributed by atoms with Crippen molar-refractivity contribution < 1.29 is 9.72 Å². The fourth-order valence-corrected chi connectivity index (χ4v) is 3.88. The molecule has 0 radical (unpaired) electrons. The Balaban J connectivity index is 1.71. The van der Waals surface area contributed by atoms with Crippen LogP contribution >= 0.6 is 0 Å². The Hall–Kier alpha value is -3.81. The molecule has 8 nitrogen and oxygen atoms in total. The number of amides is 1. The maximum atomic E-state index is 12.9. The summed E-state index contributed by atoms with van der Waals surface area (Å²) in [5.74, 6) is -0.589. The fraction of sp³-hybridized carbons (Fsp3) is 0.227. The van der Waals surface area contributed by atoms with Crippen molar-refractivity contribution in [2.24, 2.45) is 0 Å². The van der Waals surface area contributed by atoms with Crippen molar-refractivity contribution in [2.75, 3.05) is 0 Å². The number of para-hydroxylation sites is 2. The number of aryl methyl sites for hydroxylation is 2. The highest BCUT2D eigenvalue weighted by molar-refractivity contribution is 5.92. The second kappa shape index (κ2) is 7.90. The first-order chi connectivity index (χ1) is 14.5. The van der Waals surface area contributed by atoms with Crippen molar-refractivity contribution in [3.8, 4) is 5.69 Å². The van der Waals surface area contributed by atoms with Crippen molar-refractivity contribution in [3.05, 3.63) is 97.4 Å². The predicted molar refractivity (Wildman–Crippen MR) is 111 cm³/mol. The molecule has 4 rings (SSSR count). The van der Waals surface area contributed by atoms with Crippen molar-refractivity contribution in [1.82, 2.24) is 15.1 Å². The lowest BCUT2D eigenvalue weighted by molar-refractivity contribution is -0.384. The Morgan fingerprint density at radius 2 is 1.93 bits per heavy atom. The van der Waals surface area contributed by atoms with Gasteiger partial charge in [0, 0.05) is 17.8 Å². The molecule has 1 aliphatic rings. The third kappa shape index (κ3) is 3.59. The summed E-state index contributed by atoms with van der Waals surface area (Å²) in [4.78, 5) is 36.3. The topological polar surface area (TPSA) is 107 Å². The Bertz CT molecular complexity index is 1200. The van der Waals surface area contributed by atoms with Gasteiger partial charge in [0.25, 0.3) is 11.6 Å². The summed E-state index contributed by atoms with van der Waals surface area (Å²) in [6.07, 6.45) is 2.66. The zero-order chi connectivity index (χ0) is 21.3. The van der Waals surface area contributed by atoms with Gasteiger partial charge in [-0.05, 0) is 43.4 Å². The fourth-order valence-electron chi connectivity index (χ4n) is 3.88. The van der Waals surface area contributed by atoms with E-state index in [1.165, 1.54) is 28.4 Å². The molecule has 1 aromatic heterocycles. The average molecular weight is 404 g/mol. The molecule has 30 heavy (non-hydrogen) atoms. The lowest BCUT2D eigenvalue weighted by Gasteiger charge is -2.26. The normalized spacial score (nSPS) is 15.3. The maximum absolute atomic E-state index is 12.9. The molecule has 0 aliphatic heterocycles. The standard InChI is InChI=1S/C22H20N4O4/c1-14-13-20(27)21(24-25(14)18-11-4-5-12-19(18)26(29)30)22(28)23-17-10-6-8-15-7-2-3-9-16(15)17/h2-5,7,9,11-13,17H,6,8,10H2,1H3,(H,23,28)/t17-/m1/s1. The van der Waals surface area contributed by atoms with Crippen LogP contribution in [0.5, 0.6) is 0 Å². The molecule has 1 amide bonds. The molecule has 0 unspecified atom stereocenters. The van der Waals surface area contributed by atoms with E-state index in [9.17, 15) is 19.7 Å². The second-order valence-electron chi connectivity index (χ2n) is 7.27. The summed E-state index contributed by atoms with van der Waals surface area (Å²) in [5, 5.41) is 18.5. The van der Waals surface area contributed by atoms with Gasteiger partial charge in [0.15, 0.2) is 5.69 Å². The third-order valence-corrected chi connectivity index (χ3v) is 5.30. The molecule has 0 saturated carbocycles. The van der Waals surface area contributed by atoms with Crippen LogP contribution in [0.15, 0.2) is 59.4 Å². The molecule has 1 N–H and O–H groups in total. The van der Waals surface area contributed by atoms with Gasteiger partial charge in [-0.2, -0.15) is 5.10 Å². The van der Waals surface area contributed by atoms with Crippen LogP contribution in [-0.4, -0.2) is 20.6 Å². The highest BCUT2D eigenvalue weighted by Crippen LogP contribution is 2.29. The van der Waals surface area contributed by atoms with Crippen LogP contribution in [0.3, 0.4) is 0 Å². The van der Waals surface area contributed by atoms with Crippen LogP contribution in [0.2, 0.25) is 0 Å². The summed E-state index contributed by atoms with van der Waals surface area (Å²) in [5.41, 5.74) is 1.84. The molecular weight excluding hydrogens is 384 g/mol. The molecule has 0 spiro atoms. The molecule has 3 aromatic rings. The van der Waals surface area contributed by atoms with E-state index in [-0.39, 0.29) is 23.1 Å². The molecule has 0 fully saturated rings. The maximum Gasteiger partial charge on any atom is 0.294 e. The Kier molecular flexibility index (Phi) is 5.14. The van der Waals surface area contributed by atoms with Crippen LogP contribution in [0.4, 0.5) is 5.69 Å². The van der Waals surface area contributed by atoms with E-state index in [2.05, 4.69) is 10.4 Å². The number of nitrogens with one attached hydrogen (secondary N) is 1. The van der Waals surface area contributed by atoms with Crippen molar-refractivity contribution in [3.63, 3.8) is 0 Å². The zero-order valence-electron chi connectivity index (χ0n) is 16.4. The first-order valence-corrected chi connectivity index (χ1v) is 9.69. The highest BCUT2D eigenvalue weighted by Gasteiger charge is 2.25. The second-order valence-corrected chi connectivity index (χ2v) is 7.27. The van der Waals surface area contributed by atoms with Crippen molar-refractivity contribution in [2.45, 2.75) is 32.2 Å². The van der Waals surface area contributed by atoms with Crippen molar-refractivity contribution in [1.29, 1.82) is 0 Å². The van der Waals surface area contributed by atoms with E-state index in [0.717, 1.165) is 24.8 Å². The molecule has 1 heterocycles. The zero-order valence-corrected chi connectivity index (χ0v) is 16.4. The quantitative estimate of drug-likeness (QED) is 0.531. The highest BCUT2D eigenvalue weighted by atomic mass is 16.6. The summed E-state index contributed by atoms with van der Waals surface area (Å²) >= 11 is 0. The Morgan fingerprint density at radius 3 is 2.73 bits per heavy atom. The van der Waals surface area contributed by atoms with E-state index in [0.29, 0.717) is 5.69 Å². The van der Waals surface area contributed by atoms with E-state index < -0.39 is 16.3 Å². The minimum atomic E-state index is -0.589. The van der Waals surface area contributed by atoms with Gasteiger partial charge in [0.05, 0.1) is 11.0 Å². The first-order valence-electron chi connectivity index (χ1n) is 9.69. The van der Waals surface area contributed by atoms with Gasteiger partial charge in [-0.1, -0.05) is 36.4 Å². The number of nitrogens with zero attached hydrogens (tertiary/aromatic N) is 3. The molecular formula is C22H20N4O4. The number of aromatic nitrogens is 2. The summed E-state index contributed by atoms with van der Waals surface area (Å²) in [7, 11) is 0. The summed E-state index contributed by atoms with van der Waals surface area (Å²) < 4.78 is 1.27. The largest absolute Gasteiger partial charge is 0.344 e. The van der Waals surface area contributed by atoms with Gasteiger partial charge in [-0.3, -0.25) is 19.7 Å². The molecule has 1 atom stereocenters. The van der Waals surface area contributed by atoms with Crippen LogP contribution in [-0.2, 0) is 6.42 Å². The average Bonchev–Trinajstić information content (AvgIpc) is 2.74. The Morgan fingerprint density at radius 1 is 1.20 bits per heavy atom. The van der Waals surface area contributed by atoms with Gasteiger partial charge < -0.3 is 5.32 Å². The lowest BCUT2D eigenvalue weighted by atomic mass is 9.87.